The maximum absolute atomic E-state index is 11.7. The van der Waals surface area contributed by atoms with Crippen molar-refractivity contribution in [2.75, 3.05) is 13.1 Å². The van der Waals surface area contributed by atoms with E-state index in [1.165, 1.54) is 6.07 Å². The number of amides is 2. The molecule has 0 spiro atoms. The van der Waals surface area contributed by atoms with Gasteiger partial charge in [-0.25, -0.2) is 17.9 Å². The number of carbonyl (C=O) groups is 1. The van der Waals surface area contributed by atoms with Crippen LogP contribution in [0.3, 0.4) is 0 Å². The Morgan fingerprint density at radius 1 is 1.35 bits per heavy atom. The zero-order valence-corrected chi connectivity index (χ0v) is 10.6. The zero-order chi connectivity index (χ0) is 12.9. The molecule has 0 aliphatic carbocycles. The normalized spacial score (nSPS) is 11.4. The lowest BCUT2D eigenvalue weighted by Gasteiger charge is -2.04. The Morgan fingerprint density at radius 2 is 2.06 bits per heavy atom. The van der Waals surface area contributed by atoms with Crippen molar-refractivity contribution in [1.29, 1.82) is 0 Å². The van der Waals surface area contributed by atoms with Gasteiger partial charge < -0.3 is 16.8 Å². The van der Waals surface area contributed by atoms with Crippen LogP contribution in [0.1, 0.15) is 4.88 Å². The average Bonchev–Trinajstić information content (AvgIpc) is 2.73. The molecule has 0 atom stereocenters. The number of carbonyl (C=O) groups excluding carboxylic acids is 1. The van der Waals surface area contributed by atoms with Crippen molar-refractivity contribution in [1.82, 2.24) is 10.0 Å². The van der Waals surface area contributed by atoms with E-state index in [0.29, 0.717) is 6.54 Å². The third kappa shape index (κ3) is 4.30. The predicted octanol–water partition coefficient (Wildman–Crippen LogP) is -0.847. The Bertz CT molecular complexity index is 483. The van der Waals surface area contributed by atoms with E-state index in [9.17, 15) is 13.2 Å². The van der Waals surface area contributed by atoms with Crippen LogP contribution in [0.2, 0.25) is 0 Å². The Hall–Kier alpha value is -1.16. The van der Waals surface area contributed by atoms with Crippen LogP contribution in [0.4, 0.5) is 4.79 Å². The van der Waals surface area contributed by atoms with Crippen LogP contribution in [-0.2, 0) is 16.6 Å². The molecule has 0 saturated carbocycles. The van der Waals surface area contributed by atoms with Crippen LogP contribution < -0.4 is 21.5 Å². The Labute approximate surface area is 103 Å². The molecule has 0 unspecified atom stereocenters. The third-order valence-corrected chi connectivity index (χ3v) is 4.88. The second kappa shape index (κ2) is 5.96. The van der Waals surface area contributed by atoms with E-state index in [-0.39, 0.29) is 17.3 Å². The van der Waals surface area contributed by atoms with Crippen molar-refractivity contribution in [2.24, 2.45) is 11.5 Å². The first-order valence-corrected chi connectivity index (χ1v) is 7.07. The van der Waals surface area contributed by atoms with E-state index in [1.807, 2.05) is 0 Å². The average molecular weight is 278 g/mol. The Kier molecular flexibility index (Phi) is 4.87. The highest BCUT2D eigenvalue weighted by molar-refractivity contribution is 7.91. The maximum atomic E-state index is 11.7. The van der Waals surface area contributed by atoms with Crippen LogP contribution in [0, 0.1) is 0 Å². The highest BCUT2D eigenvalue weighted by Gasteiger charge is 2.15. The predicted molar refractivity (Wildman–Crippen MR) is 65.0 cm³/mol. The molecule has 2 amide bonds. The summed E-state index contributed by atoms with van der Waals surface area (Å²) in [5.74, 6) is 0. The molecule has 0 saturated heterocycles. The van der Waals surface area contributed by atoms with Gasteiger partial charge in [-0.2, -0.15) is 0 Å². The smallest absolute Gasteiger partial charge is 0.312 e. The summed E-state index contributed by atoms with van der Waals surface area (Å²) in [5, 5.41) is 2.28. The number of urea groups is 1. The molecule has 6 N–H and O–H groups in total. The molecule has 7 nitrogen and oxygen atoms in total. The molecule has 0 aliphatic heterocycles. The minimum Gasteiger partial charge on any atom is -0.352 e. The van der Waals surface area contributed by atoms with Gasteiger partial charge in [0.05, 0.1) is 0 Å². The van der Waals surface area contributed by atoms with E-state index < -0.39 is 16.1 Å². The molecule has 0 aromatic carbocycles. The molecule has 0 fully saturated rings. The van der Waals surface area contributed by atoms with Crippen LogP contribution >= 0.6 is 11.3 Å². The van der Waals surface area contributed by atoms with Crippen molar-refractivity contribution < 1.29 is 13.2 Å². The summed E-state index contributed by atoms with van der Waals surface area (Å²) < 4.78 is 26.0. The number of primary amides is 1. The van der Waals surface area contributed by atoms with Crippen molar-refractivity contribution in [3.63, 3.8) is 0 Å². The zero-order valence-electron chi connectivity index (χ0n) is 8.97. The lowest BCUT2D eigenvalue weighted by atomic mass is 10.5. The van der Waals surface area contributed by atoms with Gasteiger partial charge in [0.1, 0.15) is 4.21 Å². The molecule has 1 aromatic heterocycles. The van der Waals surface area contributed by atoms with Gasteiger partial charge in [0.2, 0.25) is 10.0 Å². The van der Waals surface area contributed by atoms with Crippen LogP contribution in [-0.4, -0.2) is 27.5 Å². The quantitative estimate of drug-likeness (QED) is 0.505. The second-order valence-corrected chi connectivity index (χ2v) is 6.28. The highest BCUT2D eigenvalue weighted by Crippen LogP contribution is 2.20. The van der Waals surface area contributed by atoms with Gasteiger partial charge >= 0.3 is 6.03 Å². The molecule has 0 aliphatic rings. The van der Waals surface area contributed by atoms with E-state index in [4.69, 9.17) is 11.5 Å². The van der Waals surface area contributed by atoms with Gasteiger partial charge in [-0.3, -0.25) is 0 Å². The van der Waals surface area contributed by atoms with Crippen molar-refractivity contribution >= 4 is 27.4 Å². The fourth-order valence-corrected chi connectivity index (χ4v) is 3.37. The van der Waals surface area contributed by atoms with Gasteiger partial charge in [-0.15, -0.1) is 11.3 Å². The number of hydrogen-bond donors (Lipinski definition) is 4. The molecule has 9 heteroatoms. The first-order valence-electron chi connectivity index (χ1n) is 4.77. The summed E-state index contributed by atoms with van der Waals surface area (Å²) in [6.45, 7) is 0.536. The van der Waals surface area contributed by atoms with Gasteiger partial charge in [0.25, 0.3) is 0 Å². The lowest BCUT2D eigenvalue weighted by molar-refractivity contribution is 0.249. The SMILES string of the molecule is NCc1ccc(S(=O)(=O)NCCNC(N)=O)s1. The minimum absolute atomic E-state index is 0.0845. The van der Waals surface area contributed by atoms with Gasteiger partial charge in [0.15, 0.2) is 0 Å². The standard InChI is InChI=1S/C8H14N4O3S2/c9-5-6-1-2-7(16-6)17(14,15)12-4-3-11-8(10)13/h1-2,12H,3-5,9H2,(H3,10,11,13). The summed E-state index contributed by atoms with van der Waals surface area (Å²) in [7, 11) is -3.53. The van der Waals surface area contributed by atoms with E-state index in [1.54, 1.807) is 6.07 Å². The summed E-state index contributed by atoms with van der Waals surface area (Å²) in [5.41, 5.74) is 10.2. The molecule has 17 heavy (non-hydrogen) atoms. The van der Waals surface area contributed by atoms with Gasteiger partial charge in [-0.1, -0.05) is 0 Å². The molecular formula is C8H14N4O3S2. The van der Waals surface area contributed by atoms with Crippen molar-refractivity contribution in [2.45, 2.75) is 10.8 Å². The third-order valence-electron chi connectivity index (χ3n) is 1.82. The molecule has 1 heterocycles. The molecule has 0 bridgehead atoms. The van der Waals surface area contributed by atoms with E-state index >= 15 is 0 Å². The topological polar surface area (TPSA) is 127 Å². The maximum Gasteiger partial charge on any atom is 0.312 e. The highest BCUT2D eigenvalue weighted by atomic mass is 32.2. The van der Waals surface area contributed by atoms with E-state index in [2.05, 4.69) is 10.0 Å². The molecule has 1 rings (SSSR count). The number of sulfonamides is 1. The fourth-order valence-electron chi connectivity index (χ4n) is 1.05. The first-order chi connectivity index (χ1) is 7.95. The van der Waals surface area contributed by atoms with Gasteiger partial charge in [0, 0.05) is 24.5 Å². The summed E-state index contributed by atoms with van der Waals surface area (Å²) in [4.78, 5) is 11.2. The lowest BCUT2D eigenvalue weighted by Crippen LogP contribution is -2.37. The largest absolute Gasteiger partial charge is 0.352 e. The van der Waals surface area contributed by atoms with Crippen LogP contribution in [0.15, 0.2) is 16.3 Å². The summed E-state index contributed by atoms with van der Waals surface area (Å²) in [6, 6.07) is 2.48. The Morgan fingerprint density at radius 3 is 2.59 bits per heavy atom. The number of hydrogen-bond acceptors (Lipinski definition) is 5. The fraction of sp³-hybridized carbons (Fsp3) is 0.375. The monoisotopic (exact) mass is 278 g/mol. The number of nitrogens with two attached hydrogens (primary N) is 2. The minimum atomic E-state index is -3.53. The number of thiophene rings is 1. The second-order valence-electron chi connectivity index (χ2n) is 3.11. The number of nitrogens with one attached hydrogen (secondary N) is 2. The Balaban J connectivity index is 2.53. The van der Waals surface area contributed by atoms with E-state index in [0.717, 1.165) is 16.2 Å². The molecule has 96 valence electrons. The first kappa shape index (κ1) is 13.9. The van der Waals surface area contributed by atoms with Crippen LogP contribution in [0.5, 0.6) is 0 Å². The van der Waals surface area contributed by atoms with Crippen molar-refractivity contribution in [3.05, 3.63) is 17.0 Å². The number of rotatable bonds is 6. The summed E-state index contributed by atoms with van der Waals surface area (Å²) in [6.07, 6.45) is 0. The van der Waals surface area contributed by atoms with Gasteiger partial charge in [-0.05, 0) is 12.1 Å². The molecule has 1 aromatic rings. The molecular weight excluding hydrogens is 264 g/mol. The van der Waals surface area contributed by atoms with Crippen LogP contribution in [0.25, 0.3) is 0 Å². The summed E-state index contributed by atoms with van der Waals surface area (Å²) >= 11 is 1.12. The van der Waals surface area contributed by atoms with Crippen molar-refractivity contribution in [3.8, 4) is 0 Å². The molecule has 0 radical (unpaired) electrons.